The number of hydrogen-bond acceptors (Lipinski definition) is 3. The predicted octanol–water partition coefficient (Wildman–Crippen LogP) is 0.964. The van der Waals surface area contributed by atoms with E-state index in [2.05, 4.69) is 20.7 Å². The molecule has 0 aliphatic heterocycles. The third-order valence-corrected chi connectivity index (χ3v) is 1.78. The molecule has 11 heavy (non-hydrogen) atoms. The summed E-state index contributed by atoms with van der Waals surface area (Å²) in [6.45, 7) is 1.64. The maximum atomic E-state index is 10.7. The van der Waals surface area contributed by atoms with E-state index in [-0.39, 0.29) is 6.61 Å². The van der Waals surface area contributed by atoms with Crippen molar-refractivity contribution in [1.29, 1.82) is 0 Å². The molecule has 1 unspecified atom stereocenters. The predicted molar refractivity (Wildman–Crippen MR) is 41.8 cm³/mol. The van der Waals surface area contributed by atoms with Crippen molar-refractivity contribution >= 4 is 39.5 Å². The summed E-state index contributed by atoms with van der Waals surface area (Å²) in [5.74, 6) is -2.51. The molecule has 0 aromatic rings. The van der Waals surface area contributed by atoms with Crippen molar-refractivity contribution in [2.75, 3.05) is 6.61 Å². The zero-order valence-corrected chi connectivity index (χ0v) is 7.98. The van der Waals surface area contributed by atoms with Crippen LogP contribution in [0, 0.1) is 0 Å². The van der Waals surface area contributed by atoms with Crippen LogP contribution in [0.15, 0.2) is 0 Å². The summed E-state index contributed by atoms with van der Waals surface area (Å²) in [6, 6.07) is 0. The third-order valence-electron chi connectivity index (χ3n) is 0.800. The number of carbonyl (C=O) groups is 2. The van der Waals surface area contributed by atoms with Gasteiger partial charge >= 0.3 is 11.9 Å². The lowest BCUT2D eigenvalue weighted by molar-refractivity contribution is -0.151. The van der Waals surface area contributed by atoms with Crippen LogP contribution in [0.1, 0.15) is 6.92 Å². The molecule has 1 atom stereocenters. The molecular formula is C5H6BrClO4. The topological polar surface area (TPSA) is 63.6 Å². The normalized spacial score (nSPS) is 15.2. The molecule has 1 N–H and O–H groups in total. The van der Waals surface area contributed by atoms with E-state index < -0.39 is 15.7 Å². The molecule has 64 valence electrons. The van der Waals surface area contributed by atoms with Gasteiger partial charge in [-0.2, -0.15) is 0 Å². The number of halogens is 2. The Balaban J connectivity index is 4.30. The van der Waals surface area contributed by atoms with Crippen LogP contribution in [0.4, 0.5) is 0 Å². The first-order chi connectivity index (χ1) is 4.92. The van der Waals surface area contributed by atoms with Crippen molar-refractivity contribution in [2.24, 2.45) is 0 Å². The van der Waals surface area contributed by atoms with E-state index >= 15 is 0 Å². The van der Waals surface area contributed by atoms with Crippen molar-refractivity contribution < 1.29 is 19.4 Å². The van der Waals surface area contributed by atoms with Crippen molar-refractivity contribution in [3.8, 4) is 0 Å². The summed E-state index contributed by atoms with van der Waals surface area (Å²) in [7, 11) is 0. The highest BCUT2D eigenvalue weighted by Gasteiger charge is 2.43. The second kappa shape index (κ2) is 3.92. The molecule has 0 heterocycles. The molecule has 0 rings (SSSR count). The SMILES string of the molecule is CCOC(=O)C(Cl)(Br)C(=O)O. The van der Waals surface area contributed by atoms with Gasteiger partial charge in [0.2, 0.25) is 0 Å². The molecular weight excluding hydrogens is 239 g/mol. The summed E-state index contributed by atoms with van der Waals surface area (Å²) in [6.07, 6.45) is 0. The van der Waals surface area contributed by atoms with E-state index in [0.29, 0.717) is 0 Å². The molecule has 4 nitrogen and oxygen atoms in total. The Labute approximate surface area is 76.6 Å². The molecule has 0 saturated carbocycles. The first kappa shape index (κ1) is 10.7. The van der Waals surface area contributed by atoms with Crippen LogP contribution < -0.4 is 0 Å². The minimum absolute atomic E-state index is 0.0895. The molecule has 0 fully saturated rings. The number of carboxylic acid groups (broad SMARTS) is 1. The van der Waals surface area contributed by atoms with Crippen LogP contribution in [0.3, 0.4) is 0 Å². The standard InChI is InChI=1S/C5H6BrClO4/c1-2-11-4(10)5(6,7)3(8)9/h2H2,1H3,(H,8,9). The van der Waals surface area contributed by atoms with Gasteiger partial charge < -0.3 is 9.84 Å². The molecule has 0 aliphatic carbocycles. The average Bonchev–Trinajstić information content (AvgIpc) is 1.88. The van der Waals surface area contributed by atoms with Crippen LogP contribution in [0.5, 0.6) is 0 Å². The monoisotopic (exact) mass is 244 g/mol. The van der Waals surface area contributed by atoms with Gasteiger partial charge in [-0.25, -0.2) is 9.59 Å². The zero-order valence-electron chi connectivity index (χ0n) is 5.63. The van der Waals surface area contributed by atoms with E-state index in [0.717, 1.165) is 0 Å². The second-order valence-corrected chi connectivity index (χ2v) is 3.81. The van der Waals surface area contributed by atoms with Crippen LogP contribution in [0.2, 0.25) is 0 Å². The van der Waals surface area contributed by atoms with Crippen molar-refractivity contribution in [1.82, 2.24) is 0 Å². The fourth-order valence-electron chi connectivity index (χ4n) is 0.309. The summed E-state index contributed by atoms with van der Waals surface area (Å²) in [4.78, 5) is 21.0. The van der Waals surface area contributed by atoms with E-state index in [4.69, 9.17) is 16.7 Å². The molecule has 0 saturated heterocycles. The highest BCUT2D eigenvalue weighted by atomic mass is 79.9. The van der Waals surface area contributed by atoms with Crippen molar-refractivity contribution in [2.45, 2.75) is 10.7 Å². The lowest BCUT2D eigenvalue weighted by Crippen LogP contribution is -2.36. The Bertz CT molecular complexity index is 179. The number of rotatable bonds is 3. The van der Waals surface area contributed by atoms with E-state index in [1.54, 1.807) is 6.92 Å². The minimum atomic E-state index is -2.15. The smallest absolute Gasteiger partial charge is 0.350 e. The Kier molecular flexibility index (Phi) is 3.82. The second-order valence-electron chi connectivity index (χ2n) is 1.60. The van der Waals surface area contributed by atoms with Crippen LogP contribution in [0.25, 0.3) is 0 Å². The number of carboxylic acids is 1. The first-order valence-corrected chi connectivity index (χ1v) is 3.88. The number of esters is 1. The van der Waals surface area contributed by atoms with Crippen LogP contribution in [-0.2, 0) is 14.3 Å². The molecule has 0 bridgehead atoms. The molecule has 0 aliphatic rings. The van der Waals surface area contributed by atoms with Gasteiger partial charge in [-0.15, -0.1) is 0 Å². The van der Waals surface area contributed by atoms with E-state index in [1.807, 2.05) is 0 Å². The Morgan fingerprint density at radius 3 is 2.45 bits per heavy atom. The van der Waals surface area contributed by atoms with Gasteiger partial charge in [-0.1, -0.05) is 11.6 Å². The summed E-state index contributed by atoms with van der Waals surface area (Å²) in [5.41, 5.74) is 0. The summed E-state index contributed by atoms with van der Waals surface area (Å²) < 4.78 is 2.22. The molecule has 0 spiro atoms. The van der Waals surface area contributed by atoms with Gasteiger partial charge in [-0.3, -0.25) is 0 Å². The molecule has 0 aromatic heterocycles. The Morgan fingerprint density at radius 2 is 2.18 bits per heavy atom. The van der Waals surface area contributed by atoms with Gasteiger partial charge in [-0.05, 0) is 22.9 Å². The van der Waals surface area contributed by atoms with Gasteiger partial charge in [0.1, 0.15) is 0 Å². The maximum absolute atomic E-state index is 10.7. The van der Waals surface area contributed by atoms with Gasteiger partial charge in [0.25, 0.3) is 3.78 Å². The Hall–Kier alpha value is -0.290. The van der Waals surface area contributed by atoms with Crippen molar-refractivity contribution in [3.05, 3.63) is 0 Å². The fraction of sp³-hybridized carbons (Fsp3) is 0.600. The third kappa shape index (κ3) is 2.67. The minimum Gasteiger partial charge on any atom is -0.479 e. The highest BCUT2D eigenvalue weighted by Crippen LogP contribution is 2.25. The molecule has 0 amide bonds. The summed E-state index contributed by atoms with van der Waals surface area (Å²) in [5, 5.41) is 8.36. The average molecular weight is 245 g/mol. The summed E-state index contributed by atoms with van der Waals surface area (Å²) >= 11 is 7.75. The molecule has 0 aromatic carbocycles. The van der Waals surface area contributed by atoms with E-state index in [1.165, 1.54) is 0 Å². The number of ether oxygens (including phenoxy) is 1. The van der Waals surface area contributed by atoms with Crippen molar-refractivity contribution in [3.63, 3.8) is 0 Å². The maximum Gasteiger partial charge on any atom is 0.350 e. The van der Waals surface area contributed by atoms with Gasteiger partial charge in [0.15, 0.2) is 0 Å². The highest BCUT2D eigenvalue weighted by molar-refractivity contribution is 9.11. The molecule has 0 radical (unpaired) electrons. The van der Waals surface area contributed by atoms with Gasteiger partial charge in [0, 0.05) is 0 Å². The lowest BCUT2D eigenvalue weighted by Gasteiger charge is -2.11. The number of carbonyl (C=O) groups excluding carboxylic acids is 1. The quantitative estimate of drug-likeness (QED) is 0.457. The number of alkyl halides is 2. The van der Waals surface area contributed by atoms with E-state index in [9.17, 15) is 9.59 Å². The molecule has 6 heteroatoms. The number of hydrogen-bond donors (Lipinski definition) is 1. The first-order valence-electron chi connectivity index (χ1n) is 2.71. The van der Waals surface area contributed by atoms with Crippen LogP contribution in [-0.4, -0.2) is 27.4 Å². The zero-order chi connectivity index (χ0) is 9.07. The number of aliphatic carboxylic acids is 1. The van der Waals surface area contributed by atoms with Gasteiger partial charge in [0.05, 0.1) is 6.61 Å². The fourth-order valence-corrected chi connectivity index (χ4v) is 0.478. The Morgan fingerprint density at radius 1 is 1.73 bits per heavy atom. The van der Waals surface area contributed by atoms with Crippen LogP contribution >= 0.6 is 27.5 Å². The lowest BCUT2D eigenvalue weighted by atomic mass is 10.4. The largest absolute Gasteiger partial charge is 0.479 e.